The lowest BCUT2D eigenvalue weighted by Gasteiger charge is -2.36. The monoisotopic (exact) mass is 293 g/mol. The molecule has 1 saturated heterocycles. The van der Waals surface area contributed by atoms with Crippen molar-refractivity contribution in [3.05, 3.63) is 17.7 Å². The number of fused-ring (bicyclic) bond motifs is 1. The first kappa shape index (κ1) is 14.0. The normalized spacial score (nSPS) is 22.9. The first-order chi connectivity index (χ1) is 10.1. The van der Waals surface area contributed by atoms with Crippen molar-refractivity contribution in [2.75, 3.05) is 32.7 Å². The van der Waals surface area contributed by atoms with Gasteiger partial charge in [-0.3, -0.25) is 19.8 Å². The maximum Gasteiger partial charge on any atom is 0.317 e. The van der Waals surface area contributed by atoms with Gasteiger partial charge in [-0.15, -0.1) is 0 Å². The molecule has 2 aliphatic heterocycles. The van der Waals surface area contributed by atoms with Gasteiger partial charge in [0.25, 0.3) is 0 Å². The third kappa shape index (κ3) is 3.06. The lowest BCUT2D eigenvalue weighted by atomic mass is 10.0. The molecule has 8 heteroatoms. The van der Waals surface area contributed by atoms with Crippen LogP contribution in [0.15, 0.2) is 6.33 Å². The molecular weight excluding hydrogens is 274 g/mol. The number of carbonyl (C=O) groups is 2. The minimum Gasteiger partial charge on any atom is -0.480 e. The highest BCUT2D eigenvalue weighted by Crippen LogP contribution is 2.14. The summed E-state index contributed by atoms with van der Waals surface area (Å²) in [6.07, 6.45) is 2.26. The number of aromatic amines is 1. The van der Waals surface area contributed by atoms with E-state index in [0.29, 0.717) is 39.1 Å². The first-order valence-corrected chi connectivity index (χ1v) is 7.11. The van der Waals surface area contributed by atoms with E-state index in [2.05, 4.69) is 15.3 Å². The number of amides is 1. The highest BCUT2D eigenvalue weighted by molar-refractivity contribution is 5.82. The predicted molar refractivity (Wildman–Crippen MR) is 73.6 cm³/mol. The fourth-order valence-corrected chi connectivity index (χ4v) is 2.88. The molecule has 1 amide bonds. The number of hydrogen-bond acceptors (Lipinski definition) is 5. The smallest absolute Gasteiger partial charge is 0.317 e. The van der Waals surface area contributed by atoms with Crippen molar-refractivity contribution in [3.63, 3.8) is 0 Å². The second-order valence-electron chi connectivity index (χ2n) is 5.46. The zero-order valence-electron chi connectivity index (χ0n) is 11.7. The number of rotatable bonds is 3. The van der Waals surface area contributed by atoms with Crippen LogP contribution < -0.4 is 5.32 Å². The van der Waals surface area contributed by atoms with Crippen molar-refractivity contribution in [3.8, 4) is 0 Å². The van der Waals surface area contributed by atoms with E-state index in [1.54, 1.807) is 6.33 Å². The first-order valence-electron chi connectivity index (χ1n) is 7.11. The summed E-state index contributed by atoms with van der Waals surface area (Å²) in [7, 11) is 0. The van der Waals surface area contributed by atoms with Crippen LogP contribution in [0.2, 0.25) is 0 Å². The average Bonchev–Trinajstić information content (AvgIpc) is 2.94. The number of aliphatic carboxylic acids is 1. The van der Waals surface area contributed by atoms with E-state index in [0.717, 1.165) is 11.4 Å². The summed E-state index contributed by atoms with van der Waals surface area (Å²) in [4.78, 5) is 34.1. The van der Waals surface area contributed by atoms with Crippen LogP contribution in [0.4, 0.5) is 0 Å². The molecular formula is C13H19N5O3. The van der Waals surface area contributed by atoms with Crippen molar-refractivity contribution in [1.29, 1.82) is 0 Å². The Morgan fingerprint density at radius 1 is 1.33 bits per heavy atom. The largest absolute Gasteiger partial charge is 0.480 e. The Morgan fingerprint density at radius 3 is 2.81 bits per heavy atom. The summed E-state index contributed by atoms with van der Waals surface area (Å²) in [6.45, 7) is 3.05. The van der Waals surface area contributed by atoms with E-state index in [4.69, 9.17) is 5.11 Å². The molecule has 0 aliphatic carbocycles. The number of carboxylic acid groups (broad SMARTS) is 1. The zero-order chi connectivity index (χ0) is 14.8. The van der Waals surface area contributed by atoms with Gasteiger partial charge < -0.3 is 15.0 Å². The maximum absolute atomic E-state index is 12.5. The quantitative estimate of drug-likeness (QED) is 0.637. The third-order valence-electron chi connectivity index (χ3n) is 4.07. The Bertz CT molecular complexity index is 536. The fourth-order valence-electron chi connectivity index (χ4n) is 2.88. The summed E-state index contributed by atoms with van der Waals surface area (Å²) in [5.41, 5.74) is 2.00. The van der Waals surface area contributed by atoms with Gasteiger partial charge >= 0.3 is 5.97 Å². The van der Waals surface area contributed by atoms with Gasteiger partial charge in [0.05, 0.1) is 30.3 Å². The van der Waals surface area contributed by atoms with Gasteiger partial charge in [0.15, 0.2) is 0 Å². The number of aromatic nitrogens is 2. The Balaban J connectivity index is 1.54. The van der Waals surface area contributed by atoms with Crippen LogP contribution in [0, 0.1) is 0 Å². The molecule has 1 aromatic heterocycles. The minimum absolute atomic E-state index is 0.0420. The summed E-state index contributed by atoms with van der Waals surface area (Å²) in [5, 5.41) is 12.0. The van der Waals surface area contributed by atoms with Gasteiger partial charge in [-0.1, -0.05) is 0 Å². The van der Waals surface area contributed by atoms with Gasteiger partial charge in [0.2, 0.25) is 5.91 Å². The van der Waals surface area contributed by atoms with E-state index in [1.165, 1.54) is 0 Å². The van der Waals surface area contributed by atoms with Crippen molar-refractivity contribution >= 4 is 11.9 Å². The van der Waals surface area contributed by atoms with Crippen LogP contribution in [-0.4, -0.2) is 75.5 Å². The molecule has 3 N–H and O–H groups in total. The van der Waals surface area contributed by atoms with Gasteiger partial charge in [-0.25, -0.2) is 4.98 Å². The Kier molecular flexibility index (Phi) is 3.89. The molecule has 0 radical (unpaired) electrons. The lowest BCUT2D eigenvalue weighted by molar-refractivity contribution is -0.139. The van der Waals surface area contributed by atoms with Gasteiger partial charge in [-0.2, -0.15) is 0 Å². The number of carbonyl (C=O) groups excluding carboxylic acids is 1. The molecule has 114 valence electrons. The minimum atomic E-state index is -0.824. The Labute approximate surface area is 122 Å². The number of piperazine rings is 1. The zero-order valence-corrected chi connectivity index (χ0v) is 11.7. The summed E-state index contributed by atoms with van der Waals surface area (Å²) < 4.78 is 0. The third-order valence-corrected chi connectivity index (χ3v) is 4.07. The molecule has 0 spiro atoms. The Hall–Kier alpha value is -1.93. The van der Waals surface area contributed by atoms with E-state index in [9.17, 15) is 9.59 Å². The number of carboxylic acids is 1. The standard InChI is InChI=1S/C13H19N5O3/c19-12(20)7-17-1-3-18(4-2-17)13(21)10-5-9-11(6-14-10)16-8-15-9/h8,10,14H,1-7H2,(H,15,16)(H,19,20). The highest BCUT2D eigenvalue weighted by atomic mass is 16.4. The molecule has 1 fully saturated rings. The van der Waals surface area contributed by atoms with Crippen LogP contribution in [0.3, 0.4) is 0 Å². The summed E-state index contributed by atoms with van der Waals surface area (Å²) in [6, 6.07) is -0.230. The van der Waals surface area contributed by atoms with E-state index < -0.39 is 5.97 Å². The molecule has 0 aromatic carbocycles. The van der Waals surface area contributed by atoms with Crippen LogP contribution in [0.1, 0.15) is 11.4 Å². The molecule has 0 saturated carbocycles. The molecule has 1 atom stereocenters. The van der Waals surface area contributed by atoms with Gasteiger partial charge in [0.1, 0.15) is 0 Å². The maximum atomic E-state index is 12.5. The second-order valence-corrected chi connectivity index (χ2v) is 5.46. The average molecular weight is 293 g/mol. The van der Waals surface area contributed by atoms with E-state index >= 15 is 0 Å². The van der Waals surface area contributed by atoms with Crippen molar-refractivity contribution < 1.29 is 14.7 Å². The molecule has 3 heterocycles. The van der Waals surface area contributed by atoms with Crippen LogP contribution in [0.25, 0.3) is 0 Å². The van der Waals surface area contributed by atoms with Crippen molar-refractivity contribution in [2.45, 2.75) is 19.0 Å². The lowest BCUT2D eigenvalue weighted by Crippen LogP contribution is -2.56. The number of hydrogen-bond donors (Lipinski definition) is 3. The topological polar surface area (TPSA) is 102 Å². The summed E-state index contributed by atoms with van der Waals surface area (Å²) >= 11 is 0. The van der Waals surface area contributed by atoms with Crippen LogP contribution >= 0.6 is 0 Å². The predicted octanol–water partition coefficient (Wildman–Crippen LogP) is -1.35. The molecule has 0 bridgehead atoms. The molecule has 3 rings (SSSR count). The number of imidazole rings is 1. The second kappa shape index (κ2) is 5.82. The fraction of sp³-hybridized carbons (Fsp3) is 0.615. The molecule has 1 aromatic rings. The van der Waals surface area contributed by atoms with Gasteiger partial charge in [-0.05, 0) is 0 Å². The van der Waals surface area contributed by atoms with E-state index in [1.807, 2.05) is 9.80 Å². The SMILES string of the molecule is O=C(O)CN1CCN(C(=O)C2Cc3nc[nH]c3CN2)CC1. The molecule has 2 aliphatic rings. The molecule has 1 unspecified atom stereocenters. The molecule has 8 nitrogen and oxygen atoms in total. The molecule has 21 heavy (non-hydrogen) atoms. The summed E-state index contributed by atoms with van der Waals surface area (Å²) in [5.74, 6) is -0.742. The van der Waals surface area contributed by atoms with Crippen LogP contribution in [0.5, 0.6) is 0 Å². The number of H-pyrrole nitrogens is 1. The number of nitrogens with zero attached hydrogens (tertiary/aromatic N) is 3. The van der Waals surface area contributed by atoms with E-state index in [-0.39, 0.29) is 18.5 Å². The number of nitrogens with one attached hydrogen (secondary N) is 2. The Morgan fingerprint density at radius 2 is 2.10 bits per heavy atom. The van der Waals surface area contributed by atoms with Gasteiger partial charge in [0, 0.05) is 39.1 Å². The van der Waals surface area contributed by atoms with Crippen molar-refractivity contribution in [2.24, 2.45) is 0 Å². The highest BCUT2D eigenvalue weighted by Gasteiger charge is 2.31. The van der Waals surface area contributed by atoms with Crippen LogP contribution in [-0.2, 0) is 22.6 Å². The van der Waals surface area contributed by atoms with Crippen molar-refractivity contribution in [1.82, 2.24) is 25.1 Å².